The van der Waals surface area contributed by atoms with Gasteiger partial charge in [-0.05, 0) is 87.6 Å². The highest BCUT2D eigenvalue weighted by molar-refractivity contribution is 8.00. The second-order valence-corrected chi connectivity index (χ2v) is 16.3. The van der Waals surface area contributed by atoms with Crippen LogP contribution in [-0.2, 0) is 14.8 Å². The molecule has 2 spiro atoms. The predicted molar refractivity (Wildman–Crippen MR) is 154 cm³/mol. The summed E-state index contributed by atoms with van der Waals surface area (Å²) in [6.45, 7) is 0.889. The number of rotatable bonds is 9. The quantitative estimate of drug-likeness (QED) is 0.308. The fourth-order valence-corrected chi connectivity index (χ4v) is 9.91. The second kappa shape index (κ2) is 10.00. The Morgan fingerprint density at radius 1 is 1.12 bits per heavy atom. The van der Waals surface area contributed by atoms with Gasteiger partial charge in [-0.1, -0.05) is 0 Å². The van der Waals surface area contributed by atoms with Crippen LogP contribution in [0.2, 0.25) is 0 Å². The van der Waals surface area contributed by atoms with Gasteiger partial charge in [0.2, 0.25) is 21.6 Å². The summed E-state index contributed by atoms with van der Waals surface area (Å²) in [6, 6.07) is 8.45. The number of hydrogen-bond acceptors (Lipinski definition) is 6. The zero-order chi connectivity index (χ0) is 31.2. The number of carbonyl (C=O) groups is 1. The Labute approximate surface area is 252 Å². The molecule has 13 heteroatoms. The number of carboxylic acid groups (broad SMARTS) is 1. The Morgan fingerprint density at radius 2 is 1.77 bits per heavy atom. The standard InChI is InChI=1S/C30H34F4N2O5S2/c1-27(32,26(37)38)17-41-23-11-25-22(10-24(23)42-21-14-29(15-21)8-9-29)36(20-6-4-19(31)5-7-20)16-30(35(3)43(25,39)40)13-18(30)12-28(2,33)34/h4-7,10-11,18,21H,8-9,12-17H2,1-3H3,(H,37,38)/t18?,27-,30?/m0/s1. The van der Waals surface area contributed by atoms with Crippen LogP contribution in [0.25, 0.3) is 0 Å². The number of thioether (sulfide) groups is 1. The molecule has 3 saturated carbocycles. The topological polar surface area (TPSA) is 87.2 Å². The second-order valence-electron chi connectivity index (χ2n) is 13.0. The van der Waals surface area contributed by atoms with Crippen LogP contribution in [0.15, 0.2) is 46.2 Å². The molecule has 3 aliphatic carbocycles. The van der Waals surface area contributed by atoms with E-state index in [9.17, 15) is 35.9 Å². The van der Waals surface area contributed by atoms with Crippen LogP contribution >= 0.6 is 11.8 Å². The summed E-state index contributed by atoms with van der Waals surface area (Å²) in [5.41, 5.74) is -2.76. The first-order valence-electron chi connectivity index (χ1n) is 14.2. The normalized spacial score (nSPS) is 27.2. The maximum absolute atomic E-state index is 14.7. The van der Waals surface area contributed by atoms with E-state index in [1.54, 1.807) is 11.0 Å². The Kier molecular flexibility index (Phi) is 7.10. The summed E-state index contributed by atoms with van der Waals surface area (Å²) in [4.78, 5) is 13.5. The predicted octanol–water partition coefficient (Wildman–Crippen LogP) is 6.63. The molecule has 1 aliphatic heterocycles. The van der Waals surface area contributed by atoms with E-state index in [1.807, 2.05) is 0 Å². The fraction of sp³-hybridized carbons (Fsp3) is 0.567. The number of aliphatic carboxylic acids is 1. The number of carboxylic acids is 1. The summed E-state index contributed by atoms with van der Waals surface area (Å²) in [5.74, 6) is -5.80. The highest BCUT2D eigenvalue weighted by Gasteiger charge is 2.64. The van der Waals surface area contributed by atoms with Crippen molar-refractivity contribution < 1.29 is 40.6 Å². The summed E-state index contributed by atoms with van der Waals surface area (Å²) in [7, 11) is -2.93. The number of nitrogens with zero attached hydrogens (tertiary/aromatic N) is 2. The average Bonchev–Trinajstić information content (AvgIpc) is 3.81. The SMILES string of the molecule is CN1C2(CC2CC(C)(F)F)CN(c2ccc(F)cc2)c2cc(SC3CC4(CC4)C3)c(OC[C@](C)(F)C(=O)O)cc2S1(=O)=O. The molecule has 4 aliphatic rings. The van der Waals surface area contributed by atoms with Gasteiger partial charge in [-0.3, -0.25) is 0 Å². The van der Waals surface area contributed by atoms with Gasteiger partial charge in [0.05, 0.1) is 16.1 Å². The van der Waals surface area contributed by atoms with Crippen LogP contribution < -0.4 is 9.64 Å². The van der Waals surface area contributed by atoms with Crippen LogP contribution in [0.5, 0.6) is 5.75 Å². The van der Waals surface area contributed by atoms with Gasteiger partial charge in [0, 0.05) is 37.0 Å². The highest BCUT2D eigenvalue weighted by atomic mass is 32.2. The number of ether oxygens (including phenoxy) is 1. The van der Waals surface area contributed by atoms with Crippen LogP contribution in [0, 0.1) is 17.2 Å². The van der Waals surface area contributed by atoms with Gasteiger partial charge in [-0.2, -0.15) is 4.31 Å². The van der Waals surface area contributed by atoms with Crippen molar-refractivity contribution in [2.45, 2.75) is 84.5 Å². The maximum atomic E-state index is 14.7. The van der Waals surface area contributed by atoms with Crippen molar-refractivity contribution in [3.05, 3.63) is 42.2 Å². The van der Waals surface area contributed by atoms with Crippen molar-refractivity contribution >= 4 is 39.1 Å². The molecule has 2 unspecified atom stereocenters. The van der Waals surface area contributed by atoms with Gasteiger partial charge in [0.15, 0.2) is 0 Å². The van der Waals surface area contributed by atoms with Gasteiger partial charge in [-0.15, -0.1) is 11.8 Å². The van der Waals surface area contributed by atoms with Crippen molar-refractivity contribution in [3.63, 3.8) is 0 Å². The third-order valence-corrected chi connectivity index (χ3v) is 12.7. The molecule has 0 saturated heterocycles. The van der Waals surface area contributed by atoms with E-state index in [4.69, 9.17) is 4.74 Å². The molecule has 3 fully saturated rings. The van der Waals surface area contributed by atoms with Gasteiger partial charge in [0.25, 0.3) is 0 Å². The number of sulfonamides is 1. The van der Waals surface area contributed by atoms with E-state index in [2.05, 4.69) is 0 Å². The Balaban J connectivity index is 1.47. The molecular weight excluding hydrogens is 608 g/mol. The van der Waals surface area contributed by atoms with Crippen molar-refractivity contribution in [3.8, 4) is 5.75 Å². The highest BCUT2D eigenvalue weighted by Crippen LogP contribution is 2.65. The third kappa shape index (κ3) is 5.61. The van der Waals surface area contributed by atoms with Crippen LogP contribution in [-0.4, -0.2) is 66.4 Å². The van der Waals surface area contributed by atoms with Crippen molar-refractivity contribution in [1.82, 2.24) is 4.31 Å². The van der Waals surface area contributed by atoms with Gasteiger partial charge in [0.1, 0.15) is 23.1 Å². The van der Waals surface area contributed by atoms with Crippen molar-refractivity contribution in [2.75, 3.05) is 25.1 Å². The summed E-state index contributed by atoms with van der Waals surface area (Å²) < 4.78 is 92.2. The van der Waals surface area contributed by atoms with Crippen molar-refractivity contribution in [1.29, 1.82) is 0 Å². The summed E-state index contributed by atoms with van der Waals surface area (Å²) >= 11 is 1.47. The summed E-state index contributed by atoms with van der Waals surface area (Å²) in [5, 5.41) is 9.51. The monoisotopic (exact) mass is 642 g/mol. The maximum Gasteiger partial charge on any atom is 0.344 e. The van der Waals surface area contributed by atoms with E-state index >= 15 is 0 Å². The first-order chi connectivity index (χ1) is 19.9. The molecule has 1 heterocycles. The first-order valence-corrected chi connectivity index (χ1v) is 16.6. The number of anilines is 2. The average molecular weight is 643 g/mol. The lowest BCUT2D eigenvalue weighted by atomic mass is 9.81. The number of benzene rings is 2. The lowest BCUT2D eigenvalue weighted by Crippen LogP contribution is -2.45. The van der Waals surface area contributed by atoms with Crippen LogP contribution in [0.4, 0.5) is 28.9 Å². The van der Waals surface area contributed by atoms with E-state index in [0.717, 1.165) is 31.0 Å². The molecule has 0 radical (unpaired) electrons. The lowest BCUT2D eigenvalue weighted by Gasteiger charge is -2.36. The molecule has 0 amide bonds. The molecule has 0 aromatic heterocycles. The molecule has 2 aromatic rings. The molecule has 43 heavy (non-hydrogen) atoms. The minimum absolute atomic E-state index is 0.0324. The molecule has 6 rings (SSSR count). The first kappa shape index (κ1) is 30.5. The van der Waals surface area contributed by atoms with Gasteiger partial charge in [-0.25, -0.2) is 30.8 Å². The van der Waals surface area contributed by atoms with E-state index in [-0.39, 0.29) is 34.5 Å². The number of hydrogen-bond donors (Lipinski definition) is 1. The Morgan fingerprint density at radius 3 is 2.35 bits per heavy atom. The molecule has 1 N–H and O–H groups in total. The molecule has 234 valence electrons. The molecule has 2 aromatic carbocycles. The minimum atomic E-state index is -4.30. The smallest absolute Gasteiger partial charge is 0.344 e. The number of likely N-dealkylation sites (N-methyl/N-ethyl adjacent to an activating group) is 1. The molecule has 0 bridgehead atoms. The largest absolute Gasteiger partial charge is 0.488 e. The Bertz CT molecular complexity index is 1550. The van der Waals surface area contributed by atoms with E-state index < -0.39 is 57.9 Å². The minimum Gasteiger partial charge on any atom is -0.488 e. The number of halogens is 4. The number of alkyl halides is 3. The van der Waals surface area contributed by atoms with Crippen LogP contribution in [0.1, 0.15) is 52.4 Å². The lowest BCUT2D eigenvalue weighted by molar-refractivity contribution is -0.151. The van der Waals surface area contributed by atoms with Crippen molar-refractivity contribution in [2.24, 2.45) is 11.3 Å². The van der Waals surface area contributed by atoms with Gasteiger partial charge < -0.3 is 14.7 Å². The fourth-order valence-electron chi connectivity index (χ4n) is 6.52. The Hall–Kier alpha value is -2.51. The summed E-state index contributed by atoms with van der Waals surface area (Å²) in [6.07, 6.45) is 4.00. The molecular formula is C30H34F4N2O5S2. The molecule has 7 nitrogen and oxygen atoms in total. The molecule has 3 atom stereocenters. The van der Waals surface area contributed by atoms with E-state index in [0.29, 0.717) is 16.0 Å². The zero-order valence-electron chi connectivity index (χ0n) is 24.1. The van der Waals surface area contributed by atoms with E-state index in [1.165, 1.54) is 62.0 Å². The van der Waals surface area contributed by atoms with Crippen LogP contribution in [0.3, 0.4) is 0 Å². The number of fused-ring (bicyclic) bond motifs is 1. The zero-order valence-corrected chi connectivity index (χ0v) is 25.7. The third-order valence-electron chi connectivity index (χ3n) is 9.47. The van der Waals surface area contributed by atoms with Gasteiger partial charge >= 0.3 is 5.97 Å².